The molecule has 2 rings (SSSR count). The van der Waals surface area contributed by atoms with E-state index in [0.29, 0.717) is 16.6 Å². The minimum atomic E-state index is 0.258. The van der Waals surface area contributed by atoms with E-state index >= 15 is 0 Å². The maximum atomic E-state index is 6.04. The fourth-order valence-electron chi connectivity index (χ4n) is 2.46. The summed E-state index contributed by atoms with van der Waals surface area (Å²) in [5, 5.41) is 0. The molecule has 18 heavy (non-hydrogen) atoms. The number of nitrogens with zero attached hydrogens (tertiary/aromatic N) is 1. The van der Waals surface area contributed by atoms with Crippen LogP contribution in [-0.2, 0) is 0 Å². The van der Waals surface area contributed by atoms with Gasteiger partial charge in [0.25, 0.3) is 0 Å². The number of hydrogen-bond acceptors (Lipinski definition) is 3. The Morgan fingerprint density at radius 3 is 2.83 bits per heavy atom. The fraction of sp³-hybridized carbons (Fsp3) is 0.571. The van der Waals surface area contributed by atoms with Crippen molar-refractivity contribution in [2.24, 2.45) is 17.6 Å². The molecule has 1 fully saturated rings. The highest BCUT2D eigenvalue weighted by molar-refractivity contribution is 7.80. The highest BCUT2D eigenvalue weighted by atomic mass is 32.1. The molecule has 0 bridgehead atoms. The average molecular weight is 264 g/mol. The van der Waals surface area contributed by atoms with Crippen molar-refractivity contribution in [2.45, 2.75) is 39.2 Å². The quantitative estimate of drug-likeness (QED) is 0.853. The molecule has 1 aromatic heterocycles. The Morgan fingerprint density at radius 2 is 2.17 bits per heavy atom. The first-order valence-electron chi connectivity index (χ1n) is 6.49. The third-order valence-corrected chi connectivity index (χ3v) is 4.04. The van der Waals surface area contributed by atoms with Gasteiger partial charge < -0.3 is 10.5 Å². The average Bonchev–Trinajstić information content (AvgIpc) is 2.34. The molecule has 3 nitrogen and oxygen atoms in total. The molecule has 1 heterocycles. The lowest BCUT2D eigenvalue weighted by atomic mass is 9.80. The van der Waals surface area contributed by atoms with E-state index in [1.807, 2.05) is 12.1 Å². The topological polar surface area (TPSA) is 48.1 Å². The second-order valence-corrected chi connectivity index (χ2v) is 5.66. The SMILES string of the molecule is CC1CCC(Oc2cccnc2C(N)=S)CC1C. The van der Waals surface area contributed by atoms with Gasteiger partial charge in [0.2, 0.25) is 0 Å². The predicted octanol–water partition coefficient (Wildman–Crippen LogP) is 2.92. The predicted molar refractivity (Wildman–Crippen MR) is 76.7 cm³/mol. The maximum absolute atomic E-state index is 6.04. The number of aromatic nitrogens is 1. The van der Waals surface area contributed by atoms with E-state index < -0.39 is 0 Å². The summed E-state index contributed by atoms with van der Waals surface area (Å²) < 4.78 is 6.04. The van der Waals surface area contributed by atoms with Gasteiger partial charge in [0.15, 0.2) is 0 Å². The molecule has 3 atom stereocenters. The first kappa shape index (κ1) is 13.3. The van der Waals surface area contributed by atoms with Crippen LogP contribution < -0.4 is 10.5 Å². The molecule has 0 aliphatic heterocycles. The largest absolute Gasteiger partial charge is 0.488 e. The van der Waals surface area contributed by atoms with Gasteiger partial charge in [-0.25, -0.2) is 4.98 Å². The smallest absolute Gasteiger partial charge is 0.148 e. The molecule has 3 unspecified atom stereocenters. The highest BCUT2D eigenvalue weighted by Gasteiger charge is 2.26. The van der Waals surface area contributed by atoms with Crippen LogP contribution in [0.4, 0.5) is 0 Å². The van der Waals surface area contributed by atoms with Gasteiger partial charge in [0.1, 0.15) is 16.4 Å². The molecule has 0 radical (unpaired) electrons. The van der Waals surface area contributed by atoms with Crippen LogP contribution in [0.25, 0.3) is 0 Å². The number of thiocarbonyl (C=S) groups is 1. The third kappa shape index (κ3) is 2.99. The van der Waals surface area contributed by atoms with Crippen molar-refractivity contribution in [1.29, 1.82) is 0 Å². The van der Waals surface area contributed by atoms with E-state index in [1.54, 1.807) is 6.20 Å². The van der Waals surface area contributed by atoms with Crippen molar-refractivity contribution in [1.82, 2.24) is 4.98 Å². The first-order valence-corrected chi connectivity index (χ1v) is 6.90. The summed E-state index contributed by atoms with van der Waals surface area (Å²) in [6.07, 6.45) is 5.35. The number of rotatable bonds is 3. The molecule has 0 aromatic carbocycles. The number of nitrogens with two attached hydrogens (primary N) is 1. The van der Waals surface area contributed by atoms with E-state index in [9.17, 15) is 0 Å². The van der Waals surface area contributed by atoms with Crippen LogP contribution in [0.3, 0.4) is 0 Å². The lowest BCUT2D eigenvalue weighted by molar-refractivity contribution is 0.100. The van der Waals surface area contributed by atoms with Crippen molar-refractivity contribution in [3.63, 3.8) is 0 Å². The van der Waals surface area contributed by atoms with Gasteiger partial charge in [-0.15, -0.1) is 0 Å². The van der Waals surface area contributed by atoms with Gasteiger partial charge in [-0.1, -0.05) is 26.1 Å². The summed E-state index contributed by atoms with van der Waals surface area (Å²) in [7, 11) is 0. The molecule has 1 aliphatic rings. The molecule has 0 spiro atoms. The highest BCUT2D eigenvalue weighted by Crippen LogP contribution is 2.32. The summed E-state index contributed by atoms with van der Waals surface area (Å²) in [4.78, 5) is 4.48. The fourth-order valence-corrected chi connectivity index (χ4v) is 2.61. The van der Waals surface area contributed by atoms with Crippen LogP contribution in [0.15, 0.2) is 18.3 Å². The molecule has 0 amide bonds. The third-order valence-electron chi connectivity index (χ3n) is 3.85. The molecular weight excluding hydrogens is 244 g/mol. The standard InChI is InChI=1S/C14H20N2OS/c1-9-5-6-11(8-10(9)2)17-12-4-3-7-16-13(12)14(15)18/h3-4,7,9-11H,5-6,8H2,1-2H3,(H2,15,18). The van der Waals surface area contributed by atoms with Crippen LogP contribution >= 0.6 is 12.2 Å². The summed E-state index contributed by atoms with van der Waals surface area (Å²) in [6.45, 7) is 4.60. The molecule has 0 saturated heterocycles. The van der Waals surface area contributed by atoms with E-state index in [4.69, 9.17) is 22.7 Å². The van der Waals surface area contributed by atoms with Crippen molar-refractivity contribution in [2.75, 3.05) is 0 Å². The van der Waals surface area contributed by atoms with Gasteiger partial charge in [0.05, 0.1) is 6.10 Å². The molecule has 98 valence electrons. The summed E-state index contributed by atoms with van der Waals surface area (Å²) >= 11 is 4.99. The summed E-state index contributed by atoms with van der Waals surface area (Å²) in [6, 6.07) is 3.75. The Bertz CT molecular complexity index is 436. The molecular formula is C14H20N2OS. The molecule has 1 aromatic rings. The lowest BCUT2D eigenvalue weighted by Crippen LogP contribution is -2.29. The Labute approximate surface area is 114 Å². The Balaban J connectivity index is 2.08. The van der Waals surface area contributed by atoms with Crippen molar-refractivity contribution in [3.8, 4) is 5.75 Å². The Morgan fingerprint density at radius 1 is 1.39 bits per heavy atom. The first-order chi connectivity index (χ1) is 8.58. The second kappa shape index (κ2) is 5.65. The van der Waals surface area contributed by atoms with Crippen LogP contribution in [0.2, 0.25) is 0 Å². The van der Waals surface area contributed by atoms with Gasteiger partial charge >= 0.3 is 0 Å². The van der Waals surface area contributed by atoms with Crippen LogP contribution in [-0.4, -0.2) is 16.1 Å². The van der Waals surface area contributed by atoms with E-state index in [1.165, 1.54) is 6.42 Å². The molecule has 4 heteroatoms. The maximum Gasteiger partial charge on any atom is 0.148 e. The normalized spacial score (nSPS) is 27.8. The van der Waals surface area contributed by atoms with E-state index in [-0.39, 0.29) is 6.10 Å². The van der Waals surface area contributed by atoms with Gasteiger partial charge in [0, 0.05) is 6.20 Å². The molecule has 2 N–H and O–H groups in total. The minimum absolute atomic E-state index is 0.258. The minimum Gasteiger partial charge on any atom is -0.488 e. The summed E-state index contributed by atoms with van der Waals surface area (Å²) in [5.41, 5.74) is 6.25. The van der Waals surface area contributed by atoms with Crippen molar-refractivity contribution in [3.05, 3.63) is 24.0 Å². The van der Waals surface area contributed by atoms with E-state index in [0.717, 1.165) is 24.5 Å². The monoisotopic (exact) mass is 264 g/mol. The van der Waals surface area contributed by atoms with Crippen LogP contribution in [0.5, 0.6) is 5.75 Å². The van der Waals surface area contributed by atoms with Crippen LogP contribution in [0.1, 0.15) is 38.8 Å². The van der Waals surface area contributed by atoms with Gasteiger partial charge in [-0.05, 0) is 43.2 Å². The Kier molecular flexibility index (Phi) is 4.17. The van der Waals surface area contributed by atoms with Gasteiger partial charge in [-0.3, -0.25) is 0 Å². The Hall–Kier alpha value is -1.16. The van der Waals surface area contributed by atoms with Crippen molar-refractivity contribution >= 4 is 17.2 Å². The van der Waals surface area contributed by atoms with Gasteiger partial charge in [-0.2, -0.15) is 0 Å². The zero-order valence-corrected chi connectivity index (χ0v) is 11.7. The van der Waals surface area contributed by atoms with E-state index in [2.05, 4.69) is 18.8 Å². The zero-order valence-electron chi connectivity index (χ0n) is 10.9. The number of ether oxygens (including phenoxy) is 1. The van der Waals surface area contributed by atoms with Crippen LogP contribution in [0, 0.1) is 11.8 Å². The molecule has 1 aliphatic carbocycles. The number of hydrogen-bond donors (Lipinski definition) is 1. The second-order valence-electron chi connectivity index (χ2n) is 5.22. The zero-order chi connectivity index (χ0) is 13.1. The molecule has 1 saturated carbocycles. The summed E-state index contributed by atoms with van der Waals surface area (Å²) in [5.74, 6) is 2.21. The van der Waals surface area contributed by atoms with Crippen molar-refractivity contribution < 1.29 is 4.74 Å². The lowest BCUT2D eigenvalue weighted by Gasteiger charge is -2.32. The number of pyridine rings is 1.